The minimum atomic E-state index is -3.83. The summed E-state index contributed by atoms with van der Waals surface area (Å²) in [6.07, 6.45) is 0. The normalized spacial score (nSPS) is 19.2. The van der Waals surface area contributed by atoms with Gasteiger partial charge in [0.05, 0.1) is 29.0 Å². The van der Waals surface area contributed by atoms with Gasteiger partial charge in [-0.15, -0.1) is 0 Å². The number of halogens is 1. The minimum absolute atomic E-state index is 0.0380. The molecule has 1 N–H and O–H groups in total. The second-order valence-corrected chi connectivity index (χ2v) is 9.29. The third kappa shape index (κ3) is 4.91. The van der Waals surface area contributed by atoms with Gasteiger partial charge in [0.2, 0.25) is 0 Å². The lowest BCUT2D eigenvalue weighted by Gasteiger charge is -2.30. The molecule has 1 heterocycles. The topological polar surface area (TPSA) is 102 Å². The second kappa shape index (κ2) is 8.87. The molecule has 0 radical (unpaired) electrons. The predicted molar refractivity (Wildman–Crippen MR) is 111 cm³/mol. The Hall–Kier alpha value is -2.52. The molecule has 2 atom stereocenters. The number of rotatable bonds is 6. The van der Waals surface area contributed by atoms with Crippen molar-refractivity contribution in [1.29, 1.82) is 0 Å². The molecule has 2 aromatic carbocycles. The van der Waals surface area contributed by atoms with E-state index in [4.69, 9.17) is 4.74 Å². The fourth-order valence-corrected chi connectivity index (χ4v) is 4.74. The Morgan fingerprint density at radius 3 is 2.41 bits per heavy atom. The summed E-state index contributed by atoms with van der Waals surface area (Å²) in [5.41, 5.74) is 0.622. The number of ether oxygens (including phenoxy) is 1. The molecule has 152 valence electrons. The zero-order valence-corrected chi connectivity index (χ0v) is 17.9. The fourth-order valence-electron chi connectivity index (χ4n) is 3.12. The van der Waals surface area contributed by atoms with E-state index in [1.165, 1.54) is 12.1 Å². The standard InChI is InChI=1S/C20H19BrN2O5S/c1-2-28-19(24)17-16(12-29(26,27)15-10-8-14(21)9-11-15)22-20(25)23-18(17)13-6-4-3-5-7-13/h3-11,17-18H,2,12H2,1H3,(H,23,25). The zero-order chi connectivity index (χ0) is 21.0. The second-order valence-electron chi connectivity index (χ2n) is 6.38. The number of nitrogens with one attached hydrogen (secondary N) is 1. The van der Waals surface area contributed by atoms with Crippen molar-refractivity contribution in [1.82, 2.24) is 5.32 Å². The molecule has 1 aliphatic heterocycles. The van der Waals surface area contributed by atoms with Gasteiger partial charge < -0.3 is 10.1 Å². The van der Waals surface area contributed by atoms with E-state index in [1.54, 1.807) is 49.4 Å². The highest BCUT2D eigenvalue weighted by Crippen LogP contribution is 2.29. The van der Waals surface area contributed by atoms with Crippen LogP contribution in [0.1, 0.15) is 18.5 Å². The largest absolute Gasteiger partial charge is 0.465 e. The van der Waals surface area contributed by atoms with E-state index in [0.717, 1.165) is 4.47 Å². The van der Waals surface area contributed by atoms with Crippen LogP contribution < -0.4 is 5.32 Å². The summed E-state index contributed by atoms with van der Waals surface area (Å²) in [6.45, 7) is 1.78. The number of nitrogens with zero attached hydrogens (tertiary/aromatic N) is 1. The van der Waals surface area contributed by atoms with E-state index in [0.29, 0.717) is 5.56 Å². The summed E-state index contributed by atoms with van der Waals surface area (Å²) >= 11 is 3.27. The van der Waals surface area contributed by atoms with E-state index in [-0.39, 0.29) is 17.2 Å². The highest BCUT2D eigenvalue weighted by molar-refractivity contribution is 9.10. The molecule has 0 spiro atoms. The van der Waals surface area contributed by atoms with Gasteiger partial charge in [0.25, 0.3) is 0 Å². The van der Waals surface area contributed by atoms with Gasteiger partial charge in [-0.2, -0.15) is 0 Å². The summed E-state index contributed by atoms with van der Waals surface area (Å²) in [5.74, 6) is -2.24. The van der Waals surface area contributed by atoms with Crippen molar-refractivity contribution >= 4 is 43.5 Å². The van der Waals surface area contributed by atoms with Gasteiger partial charge in [0.1, 0.15) is 5.92 Å². The number of hydrogen-bond donors (Lipinski definition) is 1. The monoisotopic (exact) mass is 478 g/mol. The van der Waals surface area contributed by atoms with Gasteiger partial charge in [0.15, 0.2) is 9.84 Å². The van der Waals surface area contributed by atoms with Crippen LogP contribution in [0.3, 0.4) is 0 Å². The molecule has 2 aromatic rings. The van der Waals surface area contributed by atoms with Crippen molar-refractivity contribution in [3.8, 4) is 0 Å². The number of esters is 1. The zero-order valence-electron chi connectivity index (χ0n) is 15.5. The van der Waals surface area contributed by atoms with Crippen LogP contribution in [0, 0.1) is 5.92 Å². The maximum atomic E-state index is 12.9. The molecule has 0 fully saturated rings. The number of aliphatic imine (C=N–C) groups is 1. The molecule has 3 rings (SSSR count). The van der Waals surface area contributed by atoms with E-state index in [9.17, 15) is 18.0 Å². The number of carbonyl (C=O) groups is 2. The molecular formula is C20H19BrN2O5S. The Bertz CT molecular complexity index is 1040. The van der Waals surface area contributed by atoms with Crippen LogP contribution in [0.4, 0.5) is 4.79 Å². The first kappa shape index (κ1) is 21.2. The van der Waals surface area contributed by atoms with Crippen LogP contribution >= 0.6 is 15.9 Å². The molecule has 2 amide bonds. The highest BCUT2D eigenvalue weighted by Gasteiger charge is 2.41. The molecule has 1 aliphatic rings. The van der Waals surface area contributed by atoms with E-state index < -0.39 is 39.6 Å². The Labute approximate surface area is 177 Å². The highest BCUT2D eigenvalue weighted by atomic mass is 79.9. The van der Waals surface area contributed by atoms with Gasteiger partial charge in [-0.3, -0.25) is 4.79 Å². The van der Waals surface area contributed by atoms with Gasteiger partial charge in [-0.1, -0.05) is 46.3 Å². The molecule has 0 aliphatic carbocycles. The van der Waals surface area contributed by atoms with Crippen LogP contribution in [0.2, 0.25) is 0 Å². The first-order chi connectivity index (χ1) is 13.8. The first-order valence-electron chi connectivity index (χ1n) is 8.89. The van der Waals surface area contributed by atoms with Gasteiger partial charge in [0, 0.05) is 4.47 Å². The lowest BCUT2D eigenvalue weighted by atomic mass is 9.88. The number of urea groups is 1. The lowest BCUT2D eigenvalue weighted by molar-refractivity contribution is -0.146. The maximum Gasteiger partial charge on any atom is 0.341 e. The van der Waals surface area contributed by atoms with Crippen molar-refractivity contribution in [3.63, 3.8) is 0 Å². The average Bonchev–Trinajstić information content (AvgIpc) is 2.68. The summed E-state index contributed by atoms with van der Waals surface area (Å²) < 4.78 is 31.7. The number of amides is 2. The van der Waals surface area contributed by atoms with Crippen molar-refractivity contribution < 1.29 is 22.7 Å². The van der Waals surface area contributed by atoms with Gasteiger partial charge in [-0.05, 0) is 36.8 Å². The molecule has 2 unspecified atom stereocenters. The summed E-state index contributed by atoms with van der Waals surface area (Å²) in [6, 6.07) is 13.5. The van der Waals surface area contributed by atoms with Crippen molar-refractivity contribution in [2.75, 3.05) is 12.4 Å². The molecule has 0 aromatic heterocycles. The molecule has 0 saturated carbocycles. The van der Waals surface area contributed by atoms with Gasteiger partial charge in [-0.25, -0.2) is 18.2 Å². The van der Waals surface area contributed by atoms with Crippen LogP contribution in [-0.2, 0) is 19.4 Å². The molecule has 29 heavy (non-hydrogen) atoms. The Kier molecular flexibility index (Phi) is 6.49. The average molecular weight is 479 g/mol. The first-order valence-corrected chi connectivity index (χ1v) is 11.3. The number of carbonyl (C=O) groups excluding carboxylic acids is 2. The van der Waals surface area contributed by atoms with Crippen LogP contribution in [0.25, 0.3) is 0 Å². The summed E-state index contributed by atoms with van der Waals surface area (Å²) in [7, 11) is -3.83. The molecule has 0 saturated heterocycles. The van der Waals surface area contributed by atoms with Crippen LogP contribution in [0.15, 0.2) is 69.0 Å². The predicted octanol–water partition coefficient (Wildman–Crippen LogP) is 3.31. The third-order valence-electron chi connectivity index (χ3n) is 4.43. The van der Waals surface area contributed by atoms with Crippen molar-refractivity contribution in [2.45, 2.75) is 17.9 Å². The molecule has 7 nitrogen and oxygen atoms in total. The number of benzene rings is 2. The minimum Gasteiger partial charge on any atom is -0.465 e. The quantitative estimate of drug-likeness (QED) is 0.641. The van der Waals surface area contributed by atoms with Crippen LogP contribution in [-0.4, -0.2) is 38.5 Å². The van der Waals surface area contributed by atoms with Crippen molar-refractivity contribution in [3.05, 3.63) is 64.6 Å². The van der Waals surface area contributed by atoms with E-state index in [1.807, 2.05) is 0 Å². The van der Waals surface area contributed by atoms with Gasteiger partial charge >= 0.3 is 12.0 Å². The Balaban J connectivity index is 2.00. The Morgan fingerprint density at radius 1 is 1.14 bits per heavy atom. The molecule has 0 bridgehead atoms. The number of hydrogen-bond acceptors (Lipinski definition) is 5. The molecule has 9 heteroatoms. The van der Waals surface area contributed by atoms with Crippen molar-refractivity contribution in [2.24, 2.45) is 10.9 Å². The van der Waals surface area contributed by atoms with E-state index >= 15 is 0 Å². The number of sulfone groups is 1. The van der Waals surface area contributed by atoms with E-state index in [2.05, 4.69) is 26.2 Å². The Morgan fingerprint density at radius 2 is 1.79 bits per heavy atom. The summed E-state index contributed by atoms with van der Waals surface area (Å²) in [5, 5.41) is 2.66. The lowest BCUT2D eigenvalue weighted by Crippen LogP contribution is -2.47. The van der Waals surface area contributed by atoms with Crippen LogP contribution in [0.5, 0.6) is 0 Å². The maximum absolute atomic E-state index is 12.9. The smallest absolute Gasteiger partial charge is 0.341 e. The fraction of sp³-hybridized carbons (Fsp3) is 0.250. The third-order valence-corrected chi connectivity index (χ3v) is 6.62. The summed E-state index contributed by atoms with van der Waals surface area (Å²) in [4.78, 5) is 28.8. The molecular weight excluding hydrogens is 460 g/mol. The SMILES string of the molecule is CCOC(=O)C1C(CS(=O)(=O)c2ccc(Br)cc2)=NC(=O)NC1c1ccccc1.